The lowest BCUT2D eigenvalue weighted by molar-refractivity contribution is -0.119. The molecule has 0 fully saturated rings. The number of carbonyl (C=O) groups excluding carboxylic acids is 2. The Labute approximate surface area is 104 Å². The molecule has 0 bridgehead atoms. The van der Waals surface area contributed by atoms with Crippen molar-refractivity contribution < 1.29 is 14.0 Å². The van der Waals surface area contributed by atoms with E-state index in [-0.39, 0.29) is 18.8 Å². The molecule has 0 aliphatic carbocycles. The summed E-state index contributed by atoms with van der Waals surface area (Å²) in [5, 5.41) is 4.58. The zero-order chi connectivity index (χ0) is 12.7. The SMILES string of the molecule is CCc1cnc(CNC(=O)NC(=O)CCCl)o1. The molecular formula is C10H14ClN3O3. The average Bonchev–Trinajstić information content (AvgIpc) is 2.74. The van der Waals surface area contributed by atoms with Gasteiger partial charge in [-0.05, 0) is 0 Å². The highest BCUT2D eigenvalue weighted by molar-refractivity contribution is 6.19. The number of imide groups is 1. The van der Waals surface area contributed by atoms with E-state index in [1.54, 1.807) is 6.20 Å². The van der Waals surface area contributed by atoms with E-state index in [2.05, 4.69) is 15.6 Å². The van der Waals surface area contributed by atoms with Crippen molar-refractivity contribution in [1.82, 2.24) is 15.6 Å². The van der Waals surface area contributed by atoms with Gasteiger partial charge in [0.25, 0.3) is 0 Å². The Morgan fingerprint density at radius 2 is 2.29 bits per heavy atom. The summed E-state index contributed by atoms with van der Waals surface area (Å²) >= 11 is 5.35. The summed E-state index contributed by atoms with van der Waals surface area (Å²) in [5.74, 6) is 0.917. The van der Waals surface area contributed by atoms with E-state index >= 15 is 0 Å². The Bertz CT molecular complexity index is 392. The predicted molar refractivity (Wildman–Crippen MR) is 61.6 cm³/mol. The number of oxazole rings is 1. The molecule has 6 nitrogen and oxygen atoms in total. The Balaban J connectivity index is 2.30. The standard InChI is InChI=1S/C10H14ClN3O3/c1-2-7-5-12-9(17-7)6-13-10(16)14-8(15)3-4-11/h5H,2-4,6H2,1H3,(H2,13,14,15,16). The molecule has 3 amide bonds. The van der Waals surface area contributed by atoms with Crippen LogP contribution in [-0.4, -0.2) is 22.8 Å². The van der Waals surface area contributed by atoms with E-state index < -0.39 is 11.9 Å². The first-order valence-corrected chi connectivity index (χ1v) is 5.76. The highest BCUT2D eigenvalue weighted by Gasteiger charge is 2.08. The second-order valence-electron chi connectivity index (χ2n) is 3.24. The second-order valence-corrected chi connectivity index (χ2v) is 3.62. The van der Waals surface area contributed by atoms with Crippen LogP contribution in [0.15, 0.2) is 10.6 Å². The fourth-order valence-electron chi connectivity index (χ4n) is 1.07. The normalized spacial score (nSPS) is 10.0. The van der Waals surface area contributed by atoms with Crippen LogP contribution in [0.1, 0.15) is 25.0 Å². The maximum absolute atomic E-state index is 11.2. The lowest BCUT2D eigenvalue weighted by atomic mass is 10.4. The van der Waals surface area contributed by atoms with E-state index in [4.69, 9.17) is 16.0 Å². The highest BCUT2D eigenvalue weighted by atomic mass is 35.5. The number of aryl methyl sites for hydroxylation is 1. The van der Waals surface area contributed by atoms with Crippen molar-refractivity contribution in [2.75, 3.05) is 5.88 Å². The van der Waals surface area contributed by atoms with Gasteiger partial charge in [0.05, 0.1) is 12.7 Å². The van der Waals surface area contributed by atoms with Gasteiger partial charge in [0.2, 0.25) is 11.8 Å². The largest absolute Gasteiger partial charge is 0.444 e. The summed E-state index contributed by atoms with van der Waals surface area (Å²) in [6.07, 6.45) is 2.45. The molecule has 0 unspecified atom stereocenters. The zero-order valence-electron chi connectivity index (χ0n) is 9.46. The highest BCUT2D eigenvalue weighted by Crippen LogP contribution is 2.03. The summed E-state index contributed by atoms with van der Waals surface area (Å²) in [5.41, 5.74) is 0. The molecule has 0 radical (unpaired) electrons. The van der Waals surface area contributed by atoms with Crippen molar-refractivity contribution in [1.29, 1.82) is 0 Å². The van der Waals surface area contributed by atoms with Gasteiger partial charge in [-0.2, -0.15) is 0 Å². The van der Waals surface area contributed by atoms with Gasteiger partial charge in [-0.3, -0.25) is 10.1 Å². The minimum absolute atomic E-state index is 0.105. The smallest absolute Gasteiger partial charge is 0.321 e. The first kappa shape index (κ1) is 13.5. The van der Waals surface area contributed by atoms with Gasteiger partial charge in [0.1, 0.15) is 5.76 Å². The summed E-state index contributed by atoms with van der Waals surface area (Å²) in [6, 6.07) is -0.587. The molecular weight excluding hydrogens is 246 g/mol. The number of hydrogen-bond acceptors (Lipinski definition) is 4. The monoisotopic (exact) mass is 259 g/mol. The third-order valence-electron chi connectivity index (χ3n) is 1.92. The zero-order valence-corrected chi connectivity index (χ0v) is 10.2. The van der Waals surface area contributed by atoms with Gasteiger partial charge < -0.3 is 9.73 Å². The number of carbonyl (C=O) groups is 2. The van der Waals surface area contributed by atoms with Gasteiger partial charge in [-0.1, -0.05) is 6.92 Å². The molecule has 17 heavy (non-hydrogen) atoms. The average molecular weight is 260 g/mol. The summed E-state index contributed by atoms with van der Waals surface area (Å²) in [6.45, 7) is 2.08. The number of aromatic nitrogens is 1. The molecule has 0 aliphatic heterocycles. The second kappa shape index (κ2) is 6.90. The van der Waals surface area contributed by atoms with Crippen LogP contribution < -0.4 is 10.6 Å². The molecule has 7 heteroatoms. The maximum atomic E-state index is 11.2. The predicted octanol–water partition coefficient (Wildman–Crippen LogP) is 1.19. The Morgan fingerprint density at radius 1 is 1.53 bits per heavy atom. The number of nitrogens with one attached hydrogen (secondary N) is 2. The third-order valence-corrected chi connectivity index (χ3v) is 2.11. The molecule has 1 aromatic rings. The molecule has 0 aromatic carbocycles. The molecule has 1 aromatic heterocycles. The van der Waals surface area contributed by atoms with Crippen molar-refractivity contribution >= 4 is 23.5 Å². The Kier molecular flexibility index (Phi) is 5.48. The van der Waals surface area contributed by atoms with Crippen molar-refractivity contribution in [2.24, 2.45) is 0 Å². The molecule has 0 saturated heterocycles. The van der Waals surface area contributed by atoms with Crippen LogP contribution in [0, 0.1) is 0 Å². The molecule has 2 N–H and O–H groups in total. The maximum Gasteiger partial charge on any atom is 0.321 e. The van der Waals surface area contributed by atoms with Gasteiger partial charge in [0.15, 0.2) is 0 Å². The summed E-state index contributed by atoms with van der Waals surface area (Å²) in [4.78, 5) is 26.2. The van der Waals surface area contributed by atoms with Crippen molar-refractivity contribution in [2.45, 2.75) is 26.3 Å². The first-order valence-electron chi connectivity index (χ1n) is 5.23. The number of urea groups is 1. The van der Waals surface area contributed by atoms with E-state index in [1.165, 1.54) is 0 Å². The van der Waals surface area contributed by atoms with Crippen molar-refractivity contribution in [3.63, 3.8) is 0 Å². The number of halogens is 1. The van der Waals surface area contributed by atoms with Crippen LogP contribution in [0.5, 0.6) is 0 Å². The van der Waals surface area contributed by atoms with Crippen LogP contribution in [-0.2, 0) is 17.8 Å². The van der Waals surface area contributed by atoms with Crippen LogP contribution in [0.3, 0.4) is 0 Å². The molecule has 94 valence electrons. The van der Waals surface area contributed by atoms with Gasteiger partial charge in [-0.15, -0.1) is 11.6 Å². The van der Waals surface area contributed by atoms with Gasteiger partial charge >= 0.3 is 6.03 Å². The fourth-order valence-corrected chi connectivity index (χ4v) is 1.24. The number of hydrogen-bond donors (Lipinski definition) is 2. The van der Waals surface area contributed by atoms with Crippen LogP contribution >= 0.6 is 11.6 Å². The number of nitrogens with zero attached hydrogens (tertiary/aromatic N) is 1. The van der Waals surface area contributed by atoms with Crippen molar-refractivity contribution in [3.05, 3.63) is 17.8 Å². The first-order chi connectivity index (χ1) is 8.15. The lowest BCUT2D eigenvalue weighted by Gasteiger charge is -2.03. The van der Waals surface area contributed by atoms with Crippen LogP contribution in [0.25, 0.3) is 0 Å². The molecule has 0 saturated carbocycles. The molecule has 0 atom stereocenters. The van der Waals surface area contributed by atoms with E-state index in [0.29, 0.717) is 5.89 Å². The van der Waals surface area contributed by atoms with Gasteiger partial charge in [0, 0.05) is 18.7 Å². The quantitative estimate of drug-likeness (QED) is 0.778. The summed E-state index contributed by atoms with van der Waals surface area (Å²) < 4.78 is 5.28. The fraction of sp³-hybridized carbons (Fsp3) is 0.500. The number of amides is 3. The minimum atomic E-state index is -0.587. The van der Waals surface area contributed by atoms with E-state index in [1.807, 2.05) is 6.92 Å². The van der Waals surface area contributed by atoms with E-state index in [0.717, 1.165) is 12.2 Å². The van der Waals surface area contributed by atoms with Crippen molar-refractivity contribution in [3.8, 4) is 0 Å². The lowest BCUT2D eigenvalue weighted by Crippen LogP contribution is -2.39. The Morgan fingerprint density at radius 3 is 2.88 bits per heavy atom. The molecule has 0 aliphatic rings. The molecule has 1 heterocycles. The van der Waals surface area contributed by atoms with Crippen LogP contribution in [0.4, 0.5) is 4.79 Å². The third kappa shape index (κ3) is 4.86. The number of alkyl halides is 1. The van der Waals surface area contributed by atoms with Crippen LogP contribution in [0.2, 0.25) is 0 Å². The summed E-state index contributed by atoms with van der Waals surface area (Å²) in [7, 11) is 0. The van der Waals surface area contributed by atoms with Gasteiger partial charge in [-0.25, -0.2) is 9.78 Å². The van der Waals surface area contributed by atoms with E-state index in [9.17, 15) is 9.59 Å². The molecule has 0 spiro atoms. The minimum Gasteiger partial charge on any atom is -0.444 e. The number of rotatable bonds is 5. The Hall–Kier alpha value is -1.56. The molecule has 1 rings (SSSR count). The topological polar surface area (TPSA) is 84.2 Å².